The van der Waals surface area contributed by atoms with Gasteiger partial charge in [-0.05, 0) is 55.4 Å². The topological polar surface area (TPSA) is 104 Å². The van der Waals surface area contributed by atoms with Crippen molar-refractivity contribution in [1.29, 1.82) is 0 Å². The van der Waals surface area contributed by atoms with Crippen molar-refractivity contribution in [3.05, 3.63) is 71.3 Å². The molecule has 0 saturated heterocycles. The molecule has 0 radical (unpaired) electrons. The third-order valence-electron chi connectivity index (χ3n) is 6.61. The fourth-order valence-electron chi connectivity index (χ4n) is 4.51. The number of nitrogen functional groups attached to an aromatic ring is 1. The summed E-state index contributed by atoms with van der Waals surface area (Å²) in [6.07, 6.45) is 10.5. The highest BCUT2D eigenvalue weighted by Gasteiger charge is 2.20. The van der Waals surface area contributed by atoms with Crippen molar-refractivity contribution in [3.63, 3.8) is 0 Å². The lowest BCUT2D eigenvalue weighted by Gasteiger charge is -2.14. The molecule has 35 heavy (non-hydrogen) atoms. The molecule has 4 bridgehead atoms. The zero-order valence-corrected chi connectivity index (χ0v) is 19.9. The molecule has 4 aromatic rings. The third-order valence-corrected chi connectivity index (χ3v) is 6.61. The normalized spacial score (nSPS) is 16.7. The fourth-order valence-corrected chi connectivity index (χ4v) is 4.51. The number of hydrogen-bond acceptors (Lipinski definition) is 7. The van der Waals surface area contributed by atoms with E-state index >= 15 is 0 Å². The summed E-state index contributed by atoms with van der Waals surface area (Å²) in [4.78, 5) is 18.2. The molecule has 1 fully saturated rings. The van der Waals surface area contributed by atoms with E-state index in [1.54, 1.807) is 0 Å². The number of nitrogens with zero attached hydrogens (tertiary/aromatic N) is 5. The van der Waals surface area contributed by atoms with Gasteiger partial charge in [0.05, 0.1) is 18.8 Å². The first kappa shape index (κ1) is 21.7. The minimum Gasteiger partial charge on any atom is -0.463 e. The number of anilines is 1. The Morgan fingerprint density at radius 1 is 1.11 bits per heavy atom. The molecule has 1 aliphatic carbocycles. The van der Waals surface area contributed by atoms with Crippen molar-refractivity contribution < 1.29 is 4.74 Å². The van der Waals surface area contributed by atoms with Gasteiger partial charge in [-0.15, -0.1) is 0 Å². The van der Waals surface area contributed by atoms with E-state index in [4.69, 9.17) is 15.5 Å². The lowest BCUT2D eigenvalue weighted by molar-refractivity contribution is 0.300. The standard InChI is InChI=1S/C27H29N7O/c1-17-31-24-25(28)32-27-33-26(24)34(17)16-18-6-11-23(19(13-18)5-3-2-4-12-35-27)20-7-8-22(29-14-20)15-30-21-9-10-21/h2-3,6-8,11,13-14,21,30H,4-5,9-10,12,15-16H2,1H3,(H2,28,32,33)/b3-2+. The molecule has 2 aliphatic rings. The van der Waals surface area contributed by atoms with Crippen LogP contribution in [0, 0.1) is 6.92 Å². The highest BCUT2D eigenvalue weighted by molar-refractivity contribution is 5.82. The predicted molar refractivity (Wildman–Crippen MR) is 136 cm³/mol. The van der Waals surface area contributed by atoms with Crippen LogP contribution in [0.4, 0.5) is 5.82 Å². The highest BCUT2D eigenvalue weighted by Crippen LogP contribution is 2.28. The summed E-state index contributed by atoms with van der Waals surface area (Å²) in [5.41, 5.74) is 13.3. The van der Waals surface area contributed by atoms with Gasteiger partial charge in [0.15, 0.2) is 17.0 Å². The van der Waals surface area contributed by atoms with E-state index in [1.807, 2.05) is 13.1 Å². The van der Waals surface area contributed by atoms with Crippen molar-refractivity contribution in [2.45, 2.75) is 51.7 Å². The van der Waals surface area contributed by atoms with Crippen LogP contribution < -0.4 is 15.8 Å². The fraction of sp³-hybridized carbons (Fsp3) is 0.333. The predicted octanol–water partition coefficient (Wildman–Crippen LogP) is 3.96. The summed E-state index contributed by atoms with van der Waals surface area (Å²) in [7, 11) is 0. The monoisotopic (exact) mass is 467 g/mol. The lowest BCUT2D eigenvalue weighted by Crippen LogP contribution is -2.16. The summed E-state index contributed by atoms with van der Waals surface area (Å²) in [5, 5.41) is 3.53. The number of aromatic nitrogens is 5. The SMILES string of the molecule is Cc1nc2c(N)nc3nc2n1Cc1ccc(-c2ccc(CNC4CC4)nc2)c(c1)C/C=C/CCO3. The van der Waals surface area contributed by atoms with Crippen LogP contribution in [0.1, 0.15) is 41.9 Å². The molecule has 1 aromatic carbocycles. The summed E-state index contributed by atoms with van der Waals surface area (Å²) in [6, 6.07) is 11.9. The summed E-state index contributed by atoms with van der Waals surface area (Å²) in [5.74, 6) is 1.18. The van der Waals surface area contributed by atoms with Crippen molar-refractivity contribution >= 4 is 17.0 Å². The van der Waals surface area contributed by atoms with E-state index in [2.05, 4.69) is 67.3 Å². The van der Waals surface area contributed by atoms with Crippen LogP contribution in [0.25, 0.3) is 22.3 Å². The molecule has 4 heterocycles. The van der Waals surface area contributed by atoms with Crippen LogP contribution in [0.3, 0.4) is 0 Å². The number of rotatable bonds is 4. The number of allylic oxidation sites excluding steroid dienone is 1. The van der Waals surface area contributed by atoms with Crippen LogP contribution in [0.5, 0.6) is 6.01 Å². The molecule has 0 amide bonds. The number of nitrogens with two attached hydrogens (primary N) is 1. The van der Waals surface area contributed by atoms with E-state index in [0.29, 0.717) is 42.2 Å². The molecule has 1 saturated carbocycles. The van der Waals surface area contributed by atoms with E-state index < -0.39 is 0 Å². The molecule has 0 atom stereocenters. The molecule has 0 unspecified atom stereocenters. The van der Waals surface area contributed by atoms with E-state index in [1.165, 1.54) is 29.5 Å². The maximum atomic E-state index is 6.17. The van der Waals surface area contributed by atoms with Gasteiger partial charge in [-0.1, -0.05) is 36.4 Å². The number of fused-ring (bicyclic) bond motifs is 3. The van der Waals surface area contributed by atoms with Gasteiger partial charge < -0.3 is 20.4 Å². The Morgan fingerprint density at radius 3 is 2.86 bits per heavy atom. The van der Waals surface area contributed by atoms with E-state index in [9.17, 15) is 0 Å². The van der Waals surface area contributed by atoms with Crippen LogP contribution in [-0.2, 0) is 19.5 Å². The summed E-state index contributed by atoms with van der Waals surface area (Å²) in [6.45, 7) is 3.92. The molecule has 3 aromatic heterocycles. The number of hydrogen-bond donors (Lipinski definition) is 2. The second-order valence-electron chi connectivity index (χ2n) is 9.31. The van der Waals surface area contributed by atoms with E-state index in [-0.39, 0.29) is 0 Å². The molecule has 8 nitrogen and oxygen atoms in total. The largest absolute Gasteiger partial charge is 0.463 e. The molecular formula is C27H29N7O. The first-order valence-electron chi connectivity index (χ1n) is 12.2. The van der Waals surface area contributed by atoms with Gasteiger partial charge in [-0.3, -0.25) is 4.98 Å². The molecule has 1 aliphatic heterocycles. The number of nitrogens with one attached hydrogen (secondary N) is 1. The van der Waals surface area contributed by atoms with Crippen molar-refractivity contribution in [2.75, 3.05) is 12.3 Å². The van der Waals surface area contributed by atoms with Crippen LogP contribution in [0.15, 0.2) is 48.7 Å². The van der Waals surface area contributed by atoms with Crippen molar-refractivity contribution in [2.24, 2.45) is 0 Å². The average molecular weight is 468 g/mol. The molecular weight excluding hydrogens is 438 g/mol. The second-order valence-corrected chi connectivity index (χ2v) is 9.31. The van der Waals surface area contributed by atoms with Crippen LogP contribution in [0.2, 0.25) is 0 Å². The van der Waals surface area contributed by atoms with Gasteiger partial charge in [-0.25, -0.2) is 4.98 Å². The minimum absolute atomic E-state index is 0.293. The Labute approximate surface area is 204 Å². The molecule has 178 valence electrons. The molecule has 0 spiro atoms. The maximum Gasteiger partial charge on any atom is 0.320 e. The van der Waals surface area contributed by atoms with Gasteiger partial charge in [0.1, 0.15) is 5.82 Å². The van der Waals surface area contributed by atoms with Gasteiger partial charge in [0.25, 0.3) is 0 Å². The molecule has 3 N–H and O–H groups in total. The Kier molecular flexibility index (Phi) is 5.66. The average Bonchev–Trinajstić information content (AvgIpc) is 3.64. The van der Waals surface area contributed by atoms with Crippen LogP contribution in [-0.4, -0.2) is 37.2 Å². The Hall–Kier alpha value is -3.78. The van der Waals surface area contributed by atoms with Gasteiger partial charge in [-0.2, -0.15) is 9.97 Å². The number of aryl methyl sites for hydroxylation is 1. The van der Waals surface area contributed by atoms with Gasteiger partial charge in [0.2, 0.25) is 0 Å². The van der Waals surface area contributed by atoms with E-state index in [0.717, 1.165) is 36.5 Å². The number of pyridine rings is 1. The van der Waals surface area contributed by atoms with Gasteiger partial charge in [0, 0.05) is 24.3 Å². The Morgan fingerprint density at radius 2 is 2.03 bits per heavy atom. The van der Waals surface area contributed by atoms with Crippen LogP contribution >= 0.6 is 0 Å². The molecule has 6 rings (SSSR count). The zero-order chi connectivity index (χ0) is 23.8. The number of ether oxygens (including phenoxy) is 1. The first-order valence-corrected chi connectivity index (χ1v) is 12.2. The third kappa shape index (κ3) is 4.61. The number of benzene rings is 1. The maximum absolute atomic E-state index is 6.17. The minimum atomic E-state index is 0.293. The first-order chi connectivity index (χ1) is 17.1. The lowest BCUT2D eigenvalue weighted by atomic mass is 9.96. The number of imidazole rings is 1. The van der Waals surface area contributed by atoms with Crippen molar-refractivity contribution in [1.82, 2.24) is 29.8 Å². The smallest absolute Gasteiger partial charge is 0.320 e. The second kappa shape index (κ2) is 9.11. The molecule has 8 heteroatoms. The zero-order valence-electron chi connectivity index (χ0n) is 19.9. The summed E-state index contributed by atoms with van der Waals surface area (Å²) < 4.78 is 7.86. The Balaban J connectivity index is 1.36. The van der Waals surface area contributed by atoms with Crippen molar-refractivity contribution in [3.8, 4) is 17.1 Å². The highest BCUT2D eigenvalue weighted by atomic mass is 16.5. The quantitative estimate of drug-likeness (QED) is 0.438. The van der Waals surface area contributed by atoms with Gasteiger partial charge >= 0.3 is 6.01 Å². The Bertz CT molecular complexity index is 1400. The summed E-state index contributed by atoms with van der Waals surface area (Å²) >= 11 is 0.